The highest BCUT2D eigenvalue weighted by Crippen LogP contribution is 2.36. The van der Waals surface area contributed by atoms with Gasteiger partial charge in [-0.05, 0) is 37.3 Å². The Balaban J connectivity index is 2.25. The number of hydrogen-bond acceptors (Lipinski definition) is 2. The number of hydrogen-bond donors (Lipinski definition) is 1. The molecule has 0 aliphatic heterocycles. The molecule has 1 N–H and O–H groups in total. The highest BCUT2D eigenvalue weighted by Gasteiger charge is 2.20. The number of pyridine rings is 1. The third kappa shape index (κ3) is 1.85. The van der Waals surface area contributed by atoms with E-state index in [0.717, 1.165) is 41.7 Å². The molecule has 0 fully saturated rings. The molecule has 2 aromatic rings. The zero-order valence-corrected chi connectivity index (χ0v) is 11.3. The van der Waals surface area contributed by atoms with Gasteiger partial charge in [0.1, 0.15) is 0 Å². The Bertz CT molecular complexity index is 593. The van der Waals surface area contributed by atoms with Crippen LogP contribution in [0, 0.1) is 0 Å². The normalized spacial score (nSPS) is 13.9. The Morgan fingerprint density at radius 1 is 1.33 bits per heavy atom. The first-order chi connectivity index (χ1) is 8.81. The van der Waals surface area contributed by atoms with E-state index in [1.165, 1.54) is 23.4 Å². The van der Waals surface area contributed by atoms with Crippen molar-refractivity contribution in [2.45, 2.75) is 32.6 Å². The molecule has 0 unspecified atom stereocenters. The van der Waals surface area contributed by atoms with Crippen LogP contribution in [0.5, 0.6) is 0 Å². The lowest BCUT2D eigenvalue weighted by Gasteiger charge is -2.14. The van der Waals surface area contributed by atoms with E-state index < -0.39 is 0 Å². The second-order valence-corrected chi connectivity index (χ2v) is 5.24. The average molecular weight is 261 g/mol. The Hall–Kier alpha value is -1.28. The minimum atomic E-state index is 0.752. The largest absolute Gasteiger partial charge is 0.384 e. The zero-order chi connectivity index (χ0) is 12.5. The number of nitrogens with zero attached hydrogens (tertiary/aromatic N) is 1. The molecule has 3 rings (SSSR count). The van der Waals surface area contributed by atoms with Crippen molar-refractivity contribution in [1.82, 2.24) is 4.98 Å². The summed E-state index contributed by atoms with van der Waals surface area (Å²) in [5.74, 6) is 0. The van der Waals surface area contributed by atoms with Gasteiger partial charge in [-0.2, -0.15) is 0 Å². The van der Waals surface area contributed by atoms with Crippen LogP contribution in [0.2, 0.25) is 5.02 Å². The maximum atomic E-state index is 6.27. The number of aryl methyl sites for hydroxylation is 1. The molecule has 0 bridgehead atoms. The molecule has 0 atom stereocenters. The fraction of sp³-hybridized carbons (Fsp3) is 0.400. The lowest BCUT2D eigenvalue weighted by Crippen LogP contribution is -2.05. The number of para-hydroxylation sites is 1. The second-order valence-electron chi connectivity index (χ2n) is 4.83. The molecule has 18 heavy (non-hydrogen) atoms. The standard InChI is InChI=1S/C15H17ClN2/c1-2-9-17-14-10-5-4-8-13(10)18-15-11(14)6-3-7-12(15)16/h3,6-7H,2,4-5,8-9H2,1H3,(H,17,18). The molecule has 0 saturated carbocycles. The number of anilines is 1. The second kappa shape index (κ2) is 4.77. The van der Waals surface area contributed by atoms with E-state index in [2.05, 4.69) is 18.3 Å². The van der Waals surface area contributed by atoms with Gasteiger partial charge in [0, 0.05) is 23.3 Å². The van der Waals surface area contributed by atoms with Crippen LogP contribution < -0.4 is 5.32 Å². The average Bonchev–Trinajstić information content (AvgIpc) is 2.83. The first-order valence-corrected chi connectivity index (χ1v) is 7.03. The van der Waals surface area contributed by atoms with E-state index in [9.17, 15) is 0 Å². The molecular formula is C15H17ClN2. The van der Waals surface area contributed by atoms with E-state index in [4.69, 9.17) is 16.6 Å². The van der Waals surface area contributed by atoms with Crippen LogP contribution in [-0.2, 0) is 12.8 Å². The Morgan fingerprint density at radius 2 is 2.22 bits per heavy atom. The molecule has 1 aliphatic rings. The van der Waals surface area contributed by atoms with Gasteiger partial charge in [0.05, 0.1) is 10.5 Å². The number of halogens is 1. The van der Waals surface area contributed by atoms with Crippen molar-refractivity contribution in [3.8, 4) is 0 Å². The molecule has 1 aliphatic carbocycles. The Labute approximate surface area is 112 Å². The van der Waals surface area contributed by atoms with Gasteiger partial charge in [-0.15, -0.1) is 0 Å². The van der Waals surface area contributed by atoms with Gasteiger partial charge in [0.15, 0.2) is 0 Å². The summed E-state index contributed by atoms with van der Waals surface area (Å²) in [6.07, 6.45) is 4.55. The van der Waals surface area contributed by atoms with Crippen LogP contribution in [0.4, 0.5) is 5.69 Å². The van der Waals surface area contributed by atoms with Gasteiger partial charge >= 0.3 is 0 Å². The monoisotopic (exact) mass is 260 g/mol. The van der Waals surface area contributed by atoms with Crippen LogP contribution >= 0.6 is 11.6 Å². The van der Waals surface area contributed by atoms with Gasteiger partial charge in [-0.3, -0.25) is 4.98 Å². The van der Waals surface area contributed by atoms with Gasteiger partial charge in [0.2, 0.25) is 0 Å². The minimum absolute atomic E-state index is 0.752. The summed E-state index contributed by atoms with van der Waals surface area (Å²) in [6, 6.07) is 6.04. The first kappa shape index (κ1) is 11.8. The molecule has 0 saturated heterocycles. The number of fused-ring (bicyclic) bond motifs is 2. The quantitative estimate of drug-likeness (QED) is 0.895. The van der Waals surface area contributed by atoms with E-state index in [-0.39, 0.29) is 0 Å². The zero-order valence-electron chi connectivity index (χ0n) is 10.6. The number of benzene rings is 1. The van der Waals surface area contributed by atoms with Crippen molar-refractivity contribution < 1.29 is 0 Å². The Morgan fingerprint density at radius 3 is 3.06 bits per heavy atom. The molecule has 1 aromatic carbocycles. The Kier molecular flexibility index (Phi) is 3.13. The van der Waals surface area contributed by atoms with Crippen molar-refractivity contribution in [3.63, 3.8) is 0 Å². The smallest absolute Gasteiger partial charge is 0.0912 e. The first-order valence-electron chi connectivity index (χ1n) is 6.65. The summed E-state index contributed by atoms with van der Waals surface area (Å²) >= 11 is 6.27. The molecule has 0 radical (unpaired) electrons. The molecule has 94 valence electrons. The van der Waals surface area contributed by atoms with Gasteiger partial charge in [-0.1, -0.05) is 30.7 Å². The number of aromatic nitrogens is 1. The third-order valence-electron chi connectivity index (χ3n) is 3.55. The van der Waals surface area contributed by atoms with Crippen LogP contribution in [0.25, 0.3) is 10.9 Å². The maximum absolute atomic E-state index is 6.27. The molecule has 3 heteroatoms. The molecule has 2 nitrogen and oxygen atoms in total. The van der Waals surface area contributed by atoms with Gasteiger partial charge < -0.3 is 5.32 Å². The highest BCUT2D eigenvalue weighted by atomic mass is 35.5. The number of nitrogens with one attached hydrogen (secondary N) is 1. The molecule has 1 aromatic heterocycles. The minimum Gasteiger partial charge on any atom is -0.384 e. The fourth-order valence-electron chi connectivity index (χ4n) is 2.70. The highest BCUT2D eigenvalue weighted by molar-refractivity contribution is 6.35. The van der Waals surface area contributed by atoms with Crippen molar-refractivity contribution in [2.75, 3.05) is 11.9 Å². The predicted molar refractivity (Wildman–Crippen MR) is 77.6 cm³/mol. The van der Waals surface area contributed by atoms with Crippen molar-refractivity contribution >= 4 is 28.2 Å². The topological polar surface area (TPSA) is 24.9 Å². The van der Waals surface area contributed by atoms with E-state index >= 15 is 0 Å². The van der Waals surface area contributed by atoms with Crippen molar-refractivity contribution in [3.05, 3.63) is 34.5 Å². The summed E-state index contributed by atoms with van der Waals surface area (Å²) < 4.78 is 0. The van der Waals surface area contributed by atoms with Crippen LogP contribution in [-0.4, -0.2) is 11.5 Å². The fourth-order valence-corrected chi connectivity index (χ4v) is 2.92. The van der Waals surface area contributed by atoms with Crippen LogP contribution in [0.1, 0.15) is 31.0 Å². The van der Waals surface area contributed by atoms with E-state index in [0.29, 0.717) is 0 Å². The number of rotatable bonds is 3. The van der Waals surface area contributed by atoms with Crippen molar-refractivity contribution in [1.29, 1.82) is 0 Å². The summed E-state index contributed by atoms with van der Waals surface area (Å²) in [7, 11) is 0. The van der Waals surface area contributed by atoms with Gasteiger partial charge in [0.25, 0.3) is 0 Å². The summed E-state index contributed by atoms with van der Waals surface area (Å²) in [5, 5.41) is 5.48. The summed E-state index contributed by atoms with van der Waals surface area (Å²) in [6.45, 7) is 3.18. The van der Waals surface area contributed by atoms with Crippen LogP contribution in [0.15, 0.2) is 18.2 Å². The van der Waals surface area contributed by atoms with Gasteiger partial charge in [-0.25, -0.2) is 0 Å². The summed E-state index contributed by atoms with van der Waals surface area (Å²) in [4.78, 5) is 4.75. The SMILES string of the molecule is CCCNc1c2c(nc3c(Cl)cccc13)CCC2. The van der Waals surface area contributed by atoms with E-state index in [1.807, 2.05) is 12.1 Å². The predicted octanol–water partition coefficient (Wildman–Crippen LogP) is 4.20. The van der Waals surface area contributed by atoms with E-state index in [1.54, 1.807) is 0 Å². The van der Waals surface area contributed by atoms with Crippen molar-refractivity contribution in [2.24, 2.45) is 0 Å². The molecule has 1 heterocycles. The lowest BCUT2D eigenvalue weighted by molar-refractivity contribution is 0.900. The van der Waals surface area contributed by atoms with Crippen LogP contribution in [0.3, 0.4) is 0 Å². The third-order valence-corrected chi connectivity index (χ3v) is 3.85. The lowest BCUT2D eigenvalue weighted by atomic mass is 10.1. The summed E-state index contributed by atoms with van der Waals surface area (Å²) in [5.41, 5.74) is 4.84. The molecule has 0 amide bonds. The molecular weight excluding hydrogens is 244 g/mol. The molecule has 0 spiro atoms. The maximum Gasteiger partial charge on any atom is 0.0912 e.